The molecule has 3 N–H and O–H groups in total. The summed E-state index contributed by atoms with van der Waals surface area (Å²) in [5, 5.41) is 2.83. The number of imidazole rings is 1. The molecule has 0 saturated carbocycles. The maximum atomic E-state index is 11.6. The van der Waals surface area contributed by atoms with E-state index in [9.17, 15) is 4.79 Å². The van der Waals surface area contributed by atoms with Crippen LogP contribution in [0, 0.1) is 0 Å². The summed E-state index contributed by atoms with van der Waals surface area (Å²) >= 11 is 1.70. The van der Waals surface area contributed by atoms with E-state index in [0.29, 0.717) is 6.54 Å². The van der Waals surface area contributed by atoms with Crippen molar-refractivity contribution in [2.24, 2.45) is 12.8 Å². The molecule has 1 atom stereocenters. The van der Waals surface area contributed by atoms with Gasteiger partial charge in [-0.05, 0) is 18.4 Å². The monoisotopic (exact) mass is 256 g/mol. The quantitative estimate of drug-likeness (QED) is 0.729. The zero-order valence-corrected chi connectivity index (χ0v) is 11.2. The Bertz CT molecular complexity index is 353. The van der Waals surface area contributed by atoms with Crippen molar-refractivity contribution in [2.75, 3.05) is 18.6 Å². The number of thioether (sulfide) groups is 1. The Hall–Kier alpha value is -1.01. The fourth-order valence-electron chi connectivity index (χ4n) is 1.44. The van der Waals surface area contributed by atoms with E-state index in [-0.39, 0.29) is 5.91 Å². The van der Waals surface area contributed by atoms with Gasteiger partial charge in [-0.25, -0.2) is 4.98 Å². The molecule has 0 spiro atoms. The first-order chi connectivity index (χ1) is 8.15. The molecule has 6 heteroatoms. The lowest BCUT2D eigenvalue weighted by atomic mass is 10.2. The average Bonchev–Trinajstić information content (AvgIpc) is 2.72. The predicted molar refractivity (Wildman–Crippen MR) is 70.9 cm³/mol. The number of rotatable bonds is 7. The highest BCUT2D eigenvalue weighted by Crippen LogP contribution is 1.99. The van der Waals surface area contributed by atoms with Crippen molar-refractivity contribution < 1.29 is 4.79 Å². The highest BCUT2D eigenvalue weighted by Gasteiger charge is 2.12. The van der Waals surface area contributed by atoms with Gasteiger partial charge >= 0.3 is 0 Å². The van der Waals surface area contributed by atoms with Crippen molar-refractivity contribution in [3.8, 4) is 0 Å². The van der Waals surface area contributed by atoms with Crippen molar-refractivity contribution in [3.63, 3.8) is 0 Å². The molecule has 1 amide bonds. The highest BCUT2D eigenvalue weighted by atomic mass is 32.2. The average molecular weight is 256 g/mol. The van der Waals surface area contributed by atoms with Gasteiger partial charge in [-0.1, -0.05) is 0 Å². The van der Waals surface area contributed by atoms with E-state index < -0.39 is 6.04 Å². The number of aromatic nitrogens is 2. The fourth-order valence-corrected chi connectivity index (χ4v) is 1.93. The van der Waals surface area contributed by atoms with Crippen molar-refractivity contribution >= 4 is 17.7 Å². The topological polar surface area (TPSA) is 72.9 Å². The Kier molecular flexibility index (Phi) is 6.07. The molecule has 0 bridgehead atoms. The lowest BCUT2D eigenvalue weighted by molar-refractivity contribution is -0.122. The van der Waals surface area contributed by atoms with Crippen LogP contribution in [-0.4, -0.2) is 40.1 Å². The molecule has 0 aliphatic heterocycles. The van der Waals surface area contributed by atoms with Gasteiger partial charge in [0.15, 0.2) is 0 Å². The maximum absolute atomic E-state index is 11.6. The molecule has 0 radical (unpaired) electrons. The molecule has 1 heterocycles. The first kappa shape index (κ1) is 14.1. The summed E-state index contributed by atoms with van der Waals surface area (Å²) in [6.45, 7) is 0.580. The highest BCUT2D eigenvalue weighted by molar-refractivity contribution is 7.98. The molecule has 0 aliphatic rings. The largest absolute Gasteiger partial charge is 0.354 e. The van der Waals surface area contributed by atoms with Gasteiger partial charge in [-0.2, -0.15) is 11.8 Å². The Morgan fingerprint density at radius 1 is 1.71 bits per heavy atom. The Labute approximate surface area is 106 Å². The van der Waals surface area contributed by atoms with Crippen molar-refractivity contribution in [1.82, 2.24) is 14.9 Å². The molecule has 0 aliphatic carbocycles. The van der Waals surface area contributed by atoms with E-state index in [0.717, 1.165) is 24.4 Å². The van der Waals surface area contributed by atoms with Gasteiger partial charge in [0.1, 0.15) is 5.82 Å². The molecular formula is C11H20N4OS. The van der Waals surface area contributed by atoms with Crippen LogP contribution in [0.1, 0.15) is 12.2 Å². The number of hydrogen-bond donors (Lipinski definition) is 2. The molecule has 0 aromatic carbocycles. The number of nitrogens with one attached hydrogen (secondary N) is 1. The molecule has 0 unspecified atom stereocenters. The first-order valence-corrected chi connectivity index (χ1v) is 7.03. The fraction of sp³-hybridized carbons (Fsp3) is 0.636. The van der Waals surface area contributed by atoms with Crippen LogP contribution >= 0.6 is 11.8 Å². The van der Waals surface area contributed by atoms with Gasteiger partial charge in [0, 0.05) is 32.4 Å². The predicted octanol–water partition coefficient (Wildman–Crippen LogP) is 0.159. The number of nitrogens with two attached hydrogens (primary N) is 1. The SMILES string of the molecule is CSCC[C@@H](N)C(=O)NCCc1nccn1C. The zero-order chi connectivity index (χ0) is 12.7. The van der Waals surface area contributed by atoms with Crippen LogP contribution in [0.4, 0.5) is 0 Å². The van der Waals surface area contributed by atoms with Crippen LogP contribution in [0.3, 0.4) is 0 Å². The van der Waals surface area contributed by atoms with Gasteiger partial charge in [-0.3, -0.25) is 4.79 Å². The second kappa shape index (κ2) is 7.34. The third-order valence-corrected chi connectivity index (χ3v) is 3.18. The second-order valence-corrected chi connectivity index (χ2v) is 4.87. The van der Waals surface area contributed by atoms with Crippen molar-refractivity contribution in [1.29, 1.82) is 0 Å². The lowest BCUT2D eigenvalue weighted by Gasteiger charge is -2.11. The molecule has 0 fully saturated rings. The minimum absolute atomic E-state index is 0.0757. The number of carbonyl (C=O) groups is 1. The summed E-state index contributed by atoms with van der Waals surface area (Å²) in [7, 11) is 1.94. The van der Waals surface area contributed by atoms with E-state index in [1.807, 2.05) is 24.1 Å². The summed E-state index contributed by atoms with van der Waals surface area (Å²) < 4.78 is 1.94. The second-order valence-electron chi connectivity index (χ2n) is 3.88. The Morgan fingerprint density at radius 3 is 3.06 bits per heavy atom. The Balaban J connectivity index is 2.22. The molecule has 1 aromatic heterocycles. The first-order valence-electron chi connectivity index (χ1n) is 5.63. The van der Waals surface area contributed by atoms with Crippen LogP contribution in [0.5, 0.6) is 0 Å². The molecule has 17 heavy (non-hydrogen) atoms. The Morgan fingerprint density at radius 2 is 2.47 bits per heavy atom. The van der Waals surface area contributed by atoms with Crippen LogP contribution in [0.2, 0.25) is 0 Å². The third-order valence-electron chi connectivity index (χ3n) is 2.54. The van der Waals surface area contributed by atoms with Crippen LogP contribution in [0.15, 0.2) is 12.4 Å². The van der Waals surface area contributed by atoms with Crippen molar-refractivity contribution in [3.05, 3.63) is 18.2 Å². The smallest absolute Gasteiger partial charge is 0.236 e. The summed E-state index contributed by atoms with van der Waals surface area (Å²) in [4.78, 5) is 15.8. The number of hydrogen-bond acceptors (Lipinski definition) is 4. The molecule has 96 valence electrons. The third kappa shape index (κ3) is 4.79. The zero-order valence-electron chi connectivity index (χ0n) is 10.3. The normalized spacial score (nSPS) is 12.4. The molecule has 1 rings (SSSR count). The molecular weight excluding hydrogens is 236 g/mol. The number of nitrogens with zero attached hydrogens (tertiary/aromatic N) is 2. The standard InChI is InChI=1S/C11H20N4OS/c1-15-7-6-13-10(15)3-5-14-11(16)9(12)4-8-17-2/h6-7,9H,3-5,8,12H2,1-2H3,(H,14,16)/t9-/m1/s1. The minimum Gasteiger partial charge on any atom is -0.354 e. The number of amides is 1. The van der Waals surface area contributed by atoms with Gasteiger partial charge in [0.05, 0.1) is 6.04 Å². The van der Waals surface area contributed by atoms with Crippen LogP contribution < -0.4 is 11.1 Å². The van der Waals surface area contributed by atoms with E-state index >= 15 is 0 Å². The number of aryl methyl sites for hydroxylation is 1. The summed E-state index contributed by atoms with van der Waals surface area (Å²) in [6.07, 6.45) is 7.09. The van der Waals surface area contributed by atoms with Crippen LogP contribution in [0.25, 0.3) is 0 Å². The van der Waals surface area contributed by atoms with E-state index in [1.165, 1.54) is 0 Å². The van der Waals surface area contributed by atoms with E-state index in [1.54, 1.807) is 18.0 Å². The molecule has 5 nitrogen and oxygen atoms in total. The summed E-state index contributed by atoms with van der Waals surface area (Å²) in [5.41, 5.74) is 5.75. The van der Waals surface area contributed by atoms with E-state index in [2.05, 4.69) is 10.3 Å². The van der Waals surface area contributed by atoms with Gasteiger partial charge in [0.25, 0.3) is 0 Å². The molecule has 0 saturated heterocycles. The number of carbonyl (C=O) groups excluding carboxylic acids is 1. The van der Waals surface area contributed by atoms with Crippen LogP contribution in [-0.2, 0) is 18.3 Å². The van der Waals surface area contributed by atoms with E-state index in [4.69, 9.17) is 5.73 Å². The van der Waals surface area contributed by atoms with Crippen molar-refractivity contribution in [2.45, 2.75) is 18.9 Å². The minimum atomic E-state index is -0.399. The van der Waals surface area contributed by atoms with Gasteiger partial charge in [-0.15, -0.1) is 0 Å². The summed E-state index contributed by atoms with van der Waals surface area (Å²) in [6, 6.07) is -0.399. The maximum Gasteiger partial charge on any atom is 0.236 e. The summed E-state index contributed by atoms with van der Waals surface area (Å²) in [5.74, 6) is 1.80. The molecule has 1 aromatic rings. The van der Waals surface area contributed by atoms with Gasteiger partial charge in [0.2, 0.25) is 5.91 Å². The lowest BCUT2D eigenvalue weighted by Crippen LogP contribution is -2.41. The van der Waals surface area contributed by atoms with Gasteiger partial charge < -0.3 is 15.6 Å².